The maximum atomic E-state index is 12.9. The molecule has 2 aromatic carbocycles. The maximum Gasteiger partial charge on any atom is 0.223 e. The van der Waals surface area contributed by atoms with Crippen LogP contribution < -0.4 is 21.5 Å². The lowest BCUT2D eigenvalue weighted by Crippen LogP contribution is -3.00. The van der Waals surface area contributed by atoms with Crippen molar-refractivity contribution in [2.24, 2.45) is 0 Å². The predicted octanol–water partition coefficient (Wildman–Crippen LogP) is 1.38. The first-order valence-corrected chi connectivity index (χ1v) is 9.61. The minimum Gasteiger partial charge on any atom is -1.00 e. The van der Waals surface area contributed by atoms with E-state index in [2.05, 4.69) is 41.2 Å². The van der Waals surface area contributed by atoms with Gasteiger partial charge in [0.15, 0.2) is 12.4 Å². The molecule has 0 spiro atoms. The van der Waals surface area contributed by atoms with Crippen LogP contribution in [0.25, 0.3) is 0 Å². The zero-order chi connectivity index (χ0) is 18.7. The summed E-state index contributed by atoms with van der Waals surface area (Å²) in [4.78, 5) is 14.9. The molecular formula is C24H27BrN2O. The molecule has 0 saturated heterocycles. The molecule has 1 aromatic heterocycles. The van der Waals surface area contributed by atoms with Crippen molar-refractivity contribution in [1.82, 2.24) is 4.90 Å². The lowest BCUT2D eigenvalue weighted by molar-refractivity contribution is -0.697. The number of pyridine rings is 1. The summed E-state index contributed by atoms with van der Waals surface area (Å²) in [6.45, 7) is 2.26. The summed E-state index contributed by atoms with van der Waals surface area (Å²) in [5.74, 6) is 0.223. The lowest BCUT2D eigenvalue weighted by Gasteiger charge is -2.23. The Morgan fingerprint density at radius 3 is 1.75 bits per heavy atom. The highest BCUT2D eigenvalue weighted by Gasteiger charge is 2.14. The SMILES string of the molecule is O=C(CCCC[n+]1ccccc1)N(Cc1ccccc1)Cc1ccccc1.[Br-]. The summed E-state index contributed by atoms with van der Waals surface area (Å²) < 4.78 is 2.16. The van der Waals surface area contributed by atoms with Crippen LogP contribution in [0.5, 0.6) is 0 Å². The second kappa shape index (κ2) is 12.1. The number of nitrogens with zero attached hydrogens (tertiary/aromatic N) is 2. The van der Waals surface area contributed by atoms with E-state index in [1.165, 1.54) is 11.1 Å². The number of carbonyl (C=O) groups excluding carboxylic acids is 1. The first-order valence-electron chi connectivity index (χ1n) is 9.61. The third kappa shape index (κ3) is 7.28. The number of aryl methyl sites for hydroxylation is 1. The standard InChI is InChI=1S/C24H27N2O.BrH/c27-24(16-8-11-19-25-17-9-3-10-18-25)26(20-22-12-4-1-5-13-22)21-23-14-6-2-7-15-23;/h1-7,9-10,12-15,17-18H,8,11,16,19-21H2;1H/q+1;/p-1. The van der Waals surface area contributed by atoms with Crippen molar-refractivity contribution in [3.05, 3.63) is 102 Å². The Kier molecular flexibility index (Phi) is 9.43. The number of hydrogen-bond donors (Lipinski definition) is 0. The second-order valence-corrected chi connectivity index (χ2v) is 6.79. The average molecular weight is 439 g/mol. The zero-order valence-electron chi connectivity index (χ0n) is 16.1. The Balaban J connectivity index is 0.00000280. The molecule has 0 fully saturated rings. The Labute approximate surface area is 178 Å². The molecule has 3 rings (SSSR count). The molecule has 146 valence electrons. The minimum absolute atomic E-state index is 0. The van der Waals surface area contributed by atoms with Crippen LogP contribution in [0, 0.1) is 0 Å². The maximum absolute atomic E-state index is 12.9. The number of aromatic nitrogens is 1. The van der Waals surface area contributed by atoms with Gasteiger partial charge < -0.3 is 21.9 Å². The van der Waals surface area contributed by atoms with E-state index in [1.54, 1.807) is 0 Å². The fourth-order valence-electron chi connectivity index (χ4n) is 3.15. The second-order valence-electron chi connectivity index (χ2n) is 6.79. The number of carbonyl (C=O) groups is 1. The van der Waals surface area contributed by atoms with Crippen LogP contribution in [0.2, 0.25) is 0 Å². The molecule has 3 nitrogen and oxygen atoms in total. The molecule has 0 N–H and O–H groups in total. The molecular weight excluding hydrogens is 412 g/mol. The first kappa shape index (κ1) is 21.8. The fourth-order valence-corrected chi connectivity index (χ4v) is 3.15. The van der Waals surface area contributed by atoms with Gasteiger partial charge in [-0.15, -0.1) is 0 Å². The molecule has 1 amide bonds. The number of halogens is 1. The van der Waals surface area contributed by atoms with Crippen molar-refractivity contribution in [3.63, 3.8) is 0 Å². The minimum atomic E-state index is 0. The number of benzene rings is 2. The Hall–Kier alpha value is -2.46. The summed E-state index contributed by atoms with van der Waals surface area (Å²) in [5.41, 5.74) is 2.34. The highest BCUT2D eigenvalue weighted by Crippen LogP contribution is 2.13. The van der Waals surface area contributed by atoms with Gasteiger partial charge in [0, 0.05) is 38.1 Å². The van der Waals surface area contributed by atoms with Crippen LogP contribution in [-0.4, -0.2) is 10.8 Å². The molecule has 28 heavy (non-hydrogen) atoms. The van der Waals surface area contributed by atoms with Crippen LogP contribution in [-0.2, 0) is 24.4 Å². The molecule has 0 aliphatic heterocycles. The van der Waals surface area contributed by atoms with Crippen LogP contribution in [0.3, 0.4) is 0 Å². The summed E-state index contributed by atoms with van der Waals surface area (Å²) in [6.07, 6.45) is 6.64. The van der Waals surface area contributed by atoms with Crippen LogP contribution in [0.4, 0.5) is 0 Å². The van der Waals surface area contributed by atoms with E-state index >= 15 is 0 Å². The van der Waals surface area contributed by atoms with E-state index < -0.39 is 0 Å². The van der Waals surface area contributed by atoms with E-state index in [4.69, 9.17) is 0 Å². The van der Waals surface area contributed by atoms with E-state index in [-0.39, 0.29) is 22.9 Å². The first-order chi connectivity index (χ1) is 13.3. The molecule has 0 unspecified atom stereocenters. The smallest absolute Gasteiger partial charge is 0.223 e. The lowest BCUT2D eigenvalue weighted by atomic mass is 10.1. The van der Waals surface area contributed by atoms with Crippen LogP contribution >= 0.6 is 0 Å². The highest BCUT2D eigenvalue weighted by atomic mass is 79.9. The normalized spacial score (nSPS) is 10.1. The fraction of sp³-hybridized carbons (Fsp3) is 0.250. The molecule has 0 aliphatic rings. The van der Waals surface area contributed by atoms with Gasteiger partial charge >= 0.3 is 0 Å². The quantitative estimate of drug-likeness (QED) is 0.365. The average Bonchev–Trinajstić information content (AvgIpc) is 2.73. The van der Waals surface area contributed by atoms with Crippen LogP contribution in [0.15, 0.2) is 91.3 Å². The summed E-state index contributed by atoms with van der Waals surface area (Å²) in [5, 5.41) is 0. The molecule has 4 heteroatoms. The number of hydrogen-bond acceptors (Lipinski definition) is 1. The summed E-state index contributed by atoms with van der Waals surface area (Å²) in [6, 6.07) is 26.5. The molecule has 0 radical (unpaired) electrons. The van der Waals surface area contributed by atoms with Crippen molar-refractivity contribution in [3.8, 4) is 0 Å². The predicted molar refractivity (Wildman–Crippen MR) is 108 cm³/mol. The number of unbranched alkanes of at least 4 members (excludes halogenated alkanes) is 1. The van der Waals surface area contributed by atoms with Crippen LogP contribution in [0.1, 0.15) is 30.4 Å². The van der Waals surface area contributed by atoms with Crippen molar-refractivity contribution < 1.29 is 26.3 Å². The van der Waals surface area contributed by atoms with Crippen molar-refractivity contribution in [2.45, 2.75) is 38.9 Å². The summed E-state index contributed by atoms with van der Waals surface area (Å²) in [7, 11) is 0. The van der Waals surface area contributed by atoms with Gasteiger partial charge in [0.05, 0.1) is 0 Å². The van der Waals surface area contributed by atoms with E-state index in [9.17, 15) is 4.79 Å². The monoisotopic (exact) mass is 438 g/mol. The van der Waals surface area contributed by atoms with Gasteiger partial charge in [0.1, 0.15) is 6.54 Å². The van der Waals surface area contributed by atoms with Crippen molar-refractivity contribution >= 4 is 5.91 Å². The van der Waals surface area contributed by atoms with E-state index in [0.29, 0.717) is 19.5 Å². The van der Waals surface area contributed by atoms with Gasteiger partial charge in [-0.2, -0.15) is 0 Å². The highest BCUT2D eigenvalue weighted by molar-refractivity contribution is 5.76. The van der Waals surface area contributed by atoms with Gasteiger partial charge in [-0.05, 0) is 17.5 Å². The molecule has 0 aliphatic carbocycles. The molecule has 1 heterocycles. The molecule has 0 saturated carbocycles. The topological polar surface area (TPSA) is 24.2 Å². The Bertz CT molecular complexity index is 768. The van der Waals surface area contributed by atoms with Gasteiger partial charge in [-0.3, -0.25) is 4.79 Å². The van der Waals surface area contributed by atoms with Gasteiger partial charge in [-0.25, -0.2) is 4.57 Å². The third-order valence-electron chi connectivity index (χ3n) is 4.62. The number of amides is 1. The van der Waals surface area contributed by atoms with Gasteiger partial charge in [-0.1, -0.05) is 66.7 Å². The van der Waals surface area contributed by atoms with Gasteiger partial charge in [0.25, 0.3) is 0 Å². The van der Waals surface area contributed by atoms with Crippen molar-refractivity contribution in [2.75, 3.05) is 0 Å². The molecule has 3 aromatic rings. The van der Waals surface area contributed by atoms with E-state index in [1.807, 2.05) is 59.5 Å². The Morgan fingerprint density at radius 2 is 1.21 bits per heavy atom. The molecule has 0 atom stereocenters. The van der Waals surface area contributed by atoms with Crippen molar-refractivity contribution in [1.29, 1.82) is 0 Å². The van der Waals surface area contributed by atoms with E-state index in [0.717, 1.165) is 19.4 Å². The zero-order valence-corrected chi connectivity index (χ0v) is 17.7. The summed E-state index contributed by atoms with van der Waals surface area (Å²) >= 11 is 0. The van der Waals surface area contributed by atoms with Gasteiger partial charge in [0.2, 0.25) is 5.91 Å². The molecule has 0 bridgehead atoms. The third-order valence-corrected chi connectivity index (χ3v) is 4.62. The largest absolute Gasteiger partial charge is 1.00 e. The Morgan fingerprint density at radius 1 is 0.714 bits per heavy atom. The number of rotatable bonds is 9.